The van der Waals surface area contributed by atoms with Gasteiger partial charge in [-0.15, -0.1) is 0 Å². The molecule has 0 spiro atoms. The maximum atomic E-state index is 15.0. The van der Waals surface area contributed by atoms with Crippen LogP contribution in [0, 0.1) is 0 Å². The number of hydrogen-bond donors (Lipinski definition) is 7. The van der Waals surface area contributed by atoms with Crippen LogP contribution in [0.4, 0.5) is 4.39 Å². The van der Waals surface area contributed by atoms with Crippen LogP contribution < -0.4 is 4.74 Å². The number of ketones is 2. The maximum absolute atomic E-state index is 15.0. The molecule has 13 heteroatoms. The highest BCUT2D eigenvalue weighted by molar-refractivity contribution is 6.31. The second kappa shape index (κ2) is 10.0. The van der Waals surface area contributed by atoms with Crippen molar-refractivity contribution < 1.29 is 63.9 Å². The van der Waals surface area contributed by atoms with Gasteiger partial charge in [0.15, 0.2) is 18.2 Å². The van der Waals surface area contributed by atoms with E-state index in [2.05, 4.69) is 0 Å². The molecule has 0 amide bonds. The molecule has 2 aromatic carbocycles. The number of ether oxygens (including phenoxy) is 3. The van der Waals surface area contributed by atoms with Crippen molar-refractivity contribution in [3.63, 3.8) is 0 Å². The summed E-state index contributed by atoms with van der Waals surface area (Å²) in [7, 11) is 1.29. The largest absolute Gasteiger partial charge is 0.507 e. The molecule has 0 saturated carbocycles. The molecule has 2 aliphatic carbocycles. The molecule has 2 aromatic rings. The van der Waals surface area contributed by atoms with Crippen LogP contribution in [0.5, 0.6) is 17.2 Å². The lowest BCUT2D eigenvalue weighted by atomic mass is 9.71. The fraction of sp³-hybridized carbons (Fsp3) is 0.481. The summed E-state index contributed by atoms with van der Waals surface area (Å²) in [4.78, 5) is 27.1. The summed E-state index contributed by atoms with van der Waals surface area (Å²) in [6.07, 6.45) is -13.3. The zero-order chi connectivity index (χ0) is 29.3. The van der Waals surface area contributed by atoms with Gasteiger partial charge in [0.1, 0.15) is 35.6 Å². The number of aliphatic hydroxyl groups is 5. The number of hydrogen-bond acceptors (Lipinski definition) is 12. The Morgan fingerprint density at radius 3 is 2.42 bits per heavy atom. The number of phenolic OH excluding ortho intramolecular Hbond substituents is 2. The Morgan fingerprint density at radius 1 is 1.10 bits per heavy atom. The SMILES string of the molecule is COc1cccc2c1C(=O)c1c(O)c3c(c(O)c1C2=O)CC(O)(C(O)CO)CC3O[C@@H]1O[C@@H](C)[C@@H](O)[C@@H](O)[C@H]1F. The number of methoxy groups -OCH3 is 1. The van der Waals surface area contributed by atoms with E-state index >= 15 is 0 Å². The fourth-order valence-corrected chi connectivity index (χ4v) is 5.75. The topological polar surface area (TPSA) is 203 Å². The standard InChI is InChI=1S/C27H29FO12/c1-9-20(31)25(36)19(28)26(39-9)40-13-7-27(37,14(30)8-29)6-11-16(13)24(35)18-17(22(11)33)21(32)10-4-3-5-12(38-2)15(10)23(18)34/h3-5,9,13-14,19-20,25-26,29-31,33,35-37H,6-8H2,1-2H3/t9-,13?,14?,19+,20+,25-,26-,27?/m0/s1. The van der Waals surface area contributed by atoms with Gasteiger partial charge in [0.05, 0.1) is 48.2 Å². The number of fused-ring (bicyclic) bond motifs is 3. The highest BCUT2D eigenvalue weighted by Gasteiger charge is 2.51. The van der Waals surface area contributed by atoms with Gasteiger partial charge in [0.25, 0.3) is 0 Å². The number of benzene rings is 2. The van der Waals surface area contributed by atoms with Gasteiger partial charge >= 0.3 is 0 Å². The predicted octanol–water partition coefficient (Wildman–Crippen LogP) is -0.225. The van der Waals surface area contributed by atoms with Crippen LogP contribution >= 0.6 is 0 Å². The van der Waals surface area contributed by atoms with E-state index in [9.17, 15) is 49.7 Å². The van der Waals surface area contributed by atoms with Gasteiger partial charge in [0, 0.05) is 29.5 Å². The Hall–Kier alpha value is -3.17. The summed E-state index contributed by atoms with van der Waals surface area (Å²) in [6, 6.07) is 4.25. The van der Waals surface area contributed by atoms with Gasteiger partial charge in [-0.1, -0.05) is 12.1 Å². The van der Waals surface area contributed by atoms with Crippen LogP contribution in [0.15, 0.2) is 18.2 Å². The number of alkyl halides is 1. The first kappa shape index (κ1) is 28.4. The Morgan fingerprint density at radius 2 is 1.77 bits per heavy atom. The molecule has 3 unspecified atom stereocenters. The van der Waals surface area contributed by atoms with E-state index in [1.807, 2.05) is 0 Å². The molecule has 5 rings (SSSR count). The van der Waals surface area contributed by atoms with Gasteiger partial charge in [-0.3, -0.25) is 9.59 Å². The molecule has 0 radical (unpaired) electrons. The number of aromatic hydroxyl groups is 2. The smallest absolute Gasteiger partial charge is 0.202 e. The normalized spacial score (nSPS) is 32.2. The number of rotatable bonds is 5. The van der Waals surface area contributed by atoms with Crippen molar-refractivity contribution in [2.45, 2.75) is 68.3 Å². The predicted molar refractivity (Wildman–Crippen MR) is 131 cm³/mol. The Kier molecular flexibility index (Phi) is 7.11. The Labute approximate surface area is 226 Å². The van der Waals surface area contributed by atoms with E-state index in [1.54, 1.807) is 0 Å². The first-order valence-electron chi connectivity index (χ1n) is 12.6. The van der Waals surface area contributed by atoms with Crippen LogP contribution in [0.3, 0.4) is 0 Å². The lowest BCUT2D eigenvalue weighted by molar-refractivity contribution is -0.296. The lowest BCUT2D eigenvalue weighted by Gasteiger charge is -2.44. The van der Waals surface area contributed by atoms with Crippen molar-refractivity contribution in [1.82, 2.24) is 0 Å². The summed E-state index contributed by atoms with van der Waals surface area (Å²) in [5.41, 5.74) is -4.14. The third-order valence-electron chi connectivity index (χ3n) is 7.96. The number of carbonyl (C=O) groups is 2. The Balaban J connectivity index is 1.69. The maximum Gasteiger partial charge on any atom is 0.202 e. The lowest BCUT2D eigenvalue weighted by Crippen LogP contribution is -2.56. The zero-order valence-electron chi connectivity index (χ0n) is 21.4. The number of halogens is 1. The van der Waals surface area contributed by atoms with Crippen LogP contribution in [0.2, 0.25) is 0 Å². The second-order valence-corrected chi connectivity index (χ2v) is 10.3. The zero-order valence-corrected chi connectivity index (χ0v) is 21.4. The molecule has 0 bridgehead atoms. The fourth-order valence-electron chi connectivity index (χ4n) is 5.75. The van der Waals surface area contributed by atoms with Gasteiger partial charge in [0.2, 0.25) is 5.78 Å². The van der Waals surface area contributed by atoms with E-state index in [4.69, 9.17) is 14.2 Å². The Bertz CT molecular complexity index is 1380. The number of carbonyl (C=O) groups excluding carboxylic acids is 2. The van der Waals surface area contributed by atoms with Crippen LogP contribution in [-0.4, -0.2) is 104 Å². The molecule has 216 valence electrons. The third kappa shape index (κ3) is 4.08. The minimum atomic E-state index is -2.29. The van der Waals surface area contributed by atoms with Crippen molar-refractivity contribution in [3.05, 3.63) is 51.6 Å². The van der Waals surface area contributed by atoms with Crippen LogP contribution in [0.1, 0.15) is 62.4 Å². The van der Waals surface area contributed by atoms with Gasteiger partial charge in [-0.25, -0.2) is 4.39 Å². The molecule has 12 nitrogen and oxygen atoms in total. The third-order valence-corrected chi connectivity index (χ3v) is 7.96. The van der Waals surface area contributed by atoms with Crippen molar-refractivity contribution >= 4 is 11.6 Å². The summed E-state index contributed by atoms with van der Waals surface area (Å²) >= 11 is 0. The monoisotopic (exact) mass is 564 g/mol. The number of phenols is 2. The van der Waals surface area contributed by atoms with Crippen molar-refractivity contribution in [2.24, 2.45) is 0 Å². The average molecular weight is 565 g/mol. The molecule has 1 fully saturated rings. The number of aliphatic hydroxyl groups excluding tert-OH is 4. The van der Waals surface area contributed by atoms with Crippen LogP contribution in [-0.2, 0) is 15.9 Å². The van der Waals surface area contributed by atoms with E-state index in [0.29, 0.717) is 0 Å². The van der Waals surface area contributed by atoms with Gasteiger partial charge in [-0.05, 0) is 13.0 Å². The van der Waals surface area contributed by atoms with E-state index in [1.165, 1.54) is 32.2 Å². The average Bonchev–Trinajstić information content (AvgIpc) is 2.94. The second-order valence-electron chi connectivity index (χ2n) is 10.3. The van der Waals surface area contributed by atoms with Crippen LogP contribution in [0.25, 0.3) is 0 Å². The van der Waals surface area contributed by atoms with E-state index in [-0.39, 0.29) is 28.0 Å². The molecule has 40 heavy (non-hydrogen) atoms. The van der Waals surface area contributed by atoms with Crippen molar-refractivity contribution in [1.29, 1.82) is 0 Å². The minimum Gasteiger partial charge on any atom is -0.507 e. The van der Waals surface area contributed by atoms with Crippen molar-refractivity contribution in [3.8, 4) is 17.2 Å². The summed E-state index contributed by atoms with van der Waals surface area (Å²) in [5, 5.41) is 74.1. The summed E-state index contributed by atoms with van der Waals surface area (Å²) < 4.78 is 31.3. The van der Waals surface area contributed by atoms with Crippen molar-refractivity contribution in [2.75, 3.05) is 13.7 Å². The molecule has 1 heterocycles. The highest BCUT2D eigenvalue weighted by Crippen LogP contribution is 2.53. The first-order valence-corrected chi connectivity index (χ1v) is 12.6. The minimum absolute atomic E-state index is 0.0452. The molecule has 8 atom stereocenters. The van der Waals surface area contributed by atoms with Gasteiger partial charge in [-0.2, -0.15) is 0 Å². The molecule has 3 aliphatic rings. The quantitative estimate of drug-likeness (QED) is 0.201. The molecule has 7 N–H and O–H groups in total. The molecule has 1 aliphatic heterocycles. The molecule has 0 aromatic heterocycles. The molecular weight excluding hydrogens is 535 g/mol. The summed E-state index contributed by atoms with van der Waals surface area (Å²) in [5.74, 6) is -3.20. The van der Waals surface area contributed by atoms with E-state index in [0.717, 1.165) is 0 Å². The molecular formula is C27H29FO12. The first-order chi connectivity index (χ1) is 18.9. The highest BCUT2D eigenvalue weighted by atomic mass is 19.1. The summed E-state index contributed by atoms with van der Waals surface area (Å²) in [6.45, 7) is 0.431. The van der Waals surface area contributed by atoms with Gasteiger partial charge < -0.3 is 50.0 Å². The molecule has 1 saturated heterocycles. The van der Waals surface area contributed by atoms with E-state index < -0.39 is 102 Å².